The fourth-order valence-electron chi connectivity index (χ4n) is 2.95. The van der Waals surface area contributed by atoms with Crippen molar-refractivity contribution in [2.24, 2.45) is 17.8 Å². The van der Waals surface area contributed by atoms with E-state index in [0.717, 1.165) is 17.8 Å². The average molecular weight is 210 g/mol. The maximum atomic E-state index is 3.51. The fraction of sp³-hybridized carbons (Fsp3) is 1.00. The van der Waals surface area contributed by atoms with Crippen LogP contribution in [-0.2, 0) is 0 Å². The van der Waals surface area contributed by atoms with E-state index >= 15 is 0 Å². The number of rotatable bonds is 2. The molecule has 15 heavy (non-hydrogen) atoms. The Morgan fingerprint density at radius 2 is 2.00 bits per heavy atom. The van der Waals surface area contributed by atoms with Crippen LogP contribution in [-0.4, -0.2) is 37.6 Å². The van der Waals surface area contributed by atoms with Gasteiger partial charge in [-0.1, -0.05) is 13.8 Å². The van der Waals surface area contributed by atoms with E-state index in [0.29, 0.717) is 0 Å². The van der Waals surface area contributed by atoms with Crippen molar-refractivity contribution in [3.05, 3.63) is 0 Å². The van der Waals surface area contributed by atoms with Crippen molar-refractivity contribution in [2.75, 3.05) is 32.7 Å². The molecule has 2 fully saturated rings. The van der Waals surface area contributed by atoms with E-state index in [4.69, 9.17) is 0 Å². The molecule has 2 aliphatic rings. The zero-order valence-corrected chi connectivity index (χ0v) is 10.3. The Balaban J connectivity index is 1.78. The summed E-state index contributed by atoms with van der Waals surface area (Å²) in [4.78, 5) is 2.71. The topological polar surface area (TPSA) is 15.3 Å². The van der Waals surface area contributed by atoms with E-state index in [1.54, 1.807) is 0 Å². The first-order valence-corrected chi connectivity index (χ1v) is 6.69. The molecule has 88 valence electrons. The Morgan fingerprint density at radius 3 is 2.73 bits per heavy atom. The minimum atomic E-state index is 0.880. The van der Waals surface area contributed by atoms with Gasteiger partial charge in [-0.05, 0) is 63.2 Å². The highest BCUT2D eigenvalue weighted by atomic mass is 15.1. The van der Waals surface area contributed by atoms with E-state index in [-0.39, 0.29) is 0 Å². The van der Waals surface area contributed by atoms with Gasteiger partial charge in [0.05, 0.1) is 0 Å². The van der Waals surface area contributed by atoms with Gasteiger partial charge in [0.15, 0.2) is 0 Å². The molecule has 0 aromatic rings. The molecule has 2 saturated heterocycles. The maximum Gasteiger partial charge on any atom is 0.00248 e. The summed E-state index contributed by atoms with van der Waals surface area (Å²) in [7, 11) is 0. The molecule has 0 amide bonds. The van der Waals surface area contributed by atoms with Crippen molar-refractivity contribution in [2.45, 2.75) is 33.1 Å². The quantitative estimate of drug-likeness (QED) is 0.749. The standard InChI is InChI=1S/C13H26N2/c1-11-4-3-6-15(7-5-11)10-13-9-14-8-12(13)2/h11-14H,3-10H2,1-2H3. The van der Waals surface area contributed by atoms with Crippen molar-refractivity contribution in [3.8, 4) is 0 Å². The molecule has 1 N–H and O–H groups in total. The molecular formula is C13H26N2. The molecule has 3 unspecified atom stereocenters. The molecule has 0 spiro atoms. The van der Waals surface area contributed by atoms with Gasteiger partial charge >= 0.3 is 0 Å². The molecule has 0 aliphatic carbocycles. The Morgan fingerprint density at radius 1 is 1.13 bits per heavy atom. The van der Waals surface area contributed by atoms with Crippen molar-refractivity contribution < 1.29 is 0 Å². The van der Waals surface area contributed by atoms with E-state index in [1.165, 1.54) is 52.0 Å². The molecule has 2 rings (SSSR count). The molecule has 2 aliphatic heterocycles. The van der Waals surface area contributed by atoms with Crippen LogP contribution < -0.4 is 5.32 Å². The number of likely N-dealkylation sites (tertiary alicyclic amines) is 1. The lowest BCUT2D eigenvalue weighted by molar-refractivity contribution is 0.223. The molecule has 2 heterocycles. The van der Waals surface area contributed by atoms with Crippen molar-refractivity contribution in [3.63, 3.8) is 0 Å². The van der Waals surface area contributed by atoms with E-state index in [1.807, 2.05) is 0 Å². The van der Waals surface area contributed by atoms with Gasteiger partial charge < -0.3 is 10.2 Å². The number of hydrogen-bond acceptors (Lipinski definition) is 2. The first-order chi connectivity index (χ1) is 7.25. The van der Waals surface area contributed by atoms with Crippen LogP contribution in [0.2, 0.25) is 0 Å². The van der Waals surface area contributed by atoms with Crippen LogP contribution in [0.15, 0.2) is 0 Å². The summed E-state index contributed by atoms with van der Waals surface area (Å²) in [5.41, 5.74) is 0. The average Bonchev–Trinajstić information content (AvgIpc) is 2.48. The Kier molecular flexibility index (Phi) is 4.04. The minimum absolute atomic E-state index is 0.880. The molecule has 0 radical (unpaired) electrons. The van der Waals surface area contributed by atoms with Crippen molar-refractivity contribution in [1.82, 2.24) is 10.2 Å². The van der Waals surface area contributed by atoms with Crippen LogP contribution in [0.25, 0.3) is 0 Å². The summed E-state index contributed by atoms with van der Waals surface area (Å²) in [6, 6.07) is 0. The Bertz CT molecular complexity index is 193. The van der Waals surface area contributed by atoms with Gasteiger partial charge in [-0.2, -0.15) is 0 Å². The van der Waals surface area contributed by atoms with Crippen molar-refractivity contribution in [1.29, 1.82) is 0 Å². The predicted octanol–water partition coefficient (Wildman–Crippen LogP) is 1.96. The van der Waals surface area contributed by atoms with Crippen LogP contribution in [0.1, 0.15) is 33.1 Å². The lowest BCUT2D eigenvalue weighted by Crippen LogP contribution is -2.33. The Hall–Kier alpha value is -0.0800. The van der Waals surface area contributed by atoms with Gasteiger partial charge in [-0.25, -0.2) is 0 Å². The monoisotopic (exact) mass is 210 g/mol. The summed E-state index contributed by atoms with van der Waals surface area (Å²) in [6.07, 6.45) is 4.26. The molecule has 3 atom stereocenters. The second-order valence-corrected chi connectivity index (χ2v) is 5.73. The van der Waals surface area contributed by atoms with Gasteiger partial charge in [0.2, 0.25) is 0 Å². The molecule has 0 aromatic heterocycles. The summed E-state index contributed by atoms with van der Waals surface area (Å²) in [5.74, 6) is 2.73. The minimum Gasteiger partial charge on any atom is -0.316 e. The van der Waals surface area contributed by atoms with E-state index in [2.05, 4.69) is 24.1 Å². The highest BCUT2D eigenvalue weighted by Crippen LogP contribution is 2.21. The van der Waals surface area contributed by atoms with Crippen LogP contribution in [0.4, 0.5) is 0 Å². The first kappa shape index (κ1) is 11.4. The lowest BCUT2D eigenvalue weighted by Gasteiger charge is -2.25. The SMILES string of the molecule is CC1CCCN(CC2CNCC2C)CC1. The third kappa shape index (κ3) is 3.18. The second kappa shape index (κ2) is 5.31. The number of nitrogens with zero attached hydrogens (tertiary/aromatic N) is 1. The smallest absolute Gasteiger partial charge is 0.00248 e. The number of hydrogen-bond donors (Lipinski definition) is 1. The molecular weight excluding hydrogens is 184 g/mol. The van der Waals surface area contributed by atoms with Crippen molar-refractivity contribution >= 4 is 0 Å². The molecule has 0 bridgehead atoms. The lowest BCUT2D eigenvalue weighted by atomic mass is 9.97. The summed E-state index contributed by atoms with van der Waals surface area (Å²) >= 11 is 0. The molecule has 0 aromatic carbocycles. The summed E-state index contributed by atoms with van der Waals surface area (Å²) in [5, 5.41) is 3.51. The predicted molar refractivity (Wildman–Crippen MR) is 65.0 cm³/mol. The first-order valence-electron chi connectivity index (χ1n) is 6.69. The maximum absolute atomic E-state index is 3.51. The van der Waals surface area contributed by atoms with Gasteiger partial charge in [0, 0.05) is 6.54 Å². The van der Waals surface area contributed by atoms with Crippen LogP contribution in [0.5, 0.6) is 0 Å². The largest absolute Gasteiger partial charge is 0.316 e. The van der Waals surface area contributed by atoms with Gasteiger partial charge in [-0.15, -0.1) is 0 Å². The normalized spacial score (nSPS) is 39.2. The fourth-order valence-corrected chi connectivity index (χ4v) is 2.95. The van der Waals surface area contributed by atoms with Crippen LogP contribution in [0, 0.1) is 17.8 Å². The molecule has 2 heteroatoms. The zero-order chi connectivity index (χ0) is 10.7. The third-order valence-corrected chi connectivity index (χ3v) is 4.28. The van der Waals surface area contributed by atoms with Gasteiger partial charge in [0.1, 0.15) is 0 Å². The van der Waals surface area contributed by atoms with Gasteiger partial charge in [0.25, 0.3) is 0 Å². The Labute approximate surface area is 94.4 Å². The van der Waals surface area contributed by atoms with E-state index < -0.39 is 0 Å². The molecule has 2 nitrogen and oxygen atoms in total. The molecule has 0 saturated carbocycles. The summed E-state index contributed by atoms with van der Waals surface area (Å²) in [6.45, 7) is 11.3. The third-order valence-electron chi connectivity index (χ3n) is 4.28. The van der Waals surface area contributed by atoms with E-state index in [9.17, 15) is 0 Å². The van der Waals surface area contributed by atoms with Gasteiger partial charge in [-0.3, -0.25) is 0 Å². The van der Waals surface area contributed by atoms with Crippen LogP contribution >= 0.6 is 0 Å². The second-order valence-electron chi connectivity index (χ2n) is 5.73. The summed E-state index contributed by atoms with van der Waals surface area (Å²) < 4.78 is 0. The highest BCUT2D eigenvalue weighted by Gasteiger charge is 2.25. The zero-order valence-electron chi connectivity index (χ0n) is 10.3. The number of nitrogens with one attached hydrogen (secondary N) is 1. The highest BCUT2D eigenvalue weighted by molar-refractivity contribution is 4.81. The van der Waals surface area contributed by atoms with Crippen LogP contribution in [0.3, 0.4) is 0 Å².